The highest BCUT2D eigenvalue weighted by Crippen LogP contribution is 2.29. The molecule has 1 aliphatic heterocycles. The van der Waals surface area contributed by atoms with Crippen molar-refractivity contribution in [2.24, 2.45) is 15.9 Å². The second kappa shape index (κ2) is 11.4. The molecular formula is C25H28F4N6O. The maximum Gasteiger partial charge on any atom is 0.419 e. The summed E-state index contributed by atoms with van der Waals surface area (Å²) in [4.78, 5) is 31.1. The lowest BCUT2D eigenvalue weighted by Gasteiger charge is -2.40. The number of anilines is 1. The van der Waals surface area contributed by atoms with Gasteiger partial charge in [-0.15, -0.1) is 0 Å². The lowest BCUT2D eigenvalue weighted by atomic mass is 9.89. The third-order valence-corrected chi connectivity index (χ3v) is 6.17. The summed E-state index contributed by atoms with van der Waals surface area (Å²) in [6, 6.07) is 2.35. The van der Waals surface area contributed by atoms with Crippen LogP contribution < -0.4 is 5.32 Å². The molecule has 7 nitrogen and oxygen atoms in total. The van der Waals surface area contributed by atoms with Crippen molar-refractivity contribution in [1.29, 1.82) is 0 Å². The lowest BCUT2D eigenvalue weighted by Crippen LogP contribution is -2.51. The minimum Gasteiger partial charge on any atom is -0.352 e. The van der Waals surface area contributed by atoms with Crippen LogP contribution in [0.2, 0.25) is 0 Å². The van der Waals surface area contributed by atoms with Gasteiger partial charge >= 0.3 is 6.18 Å². The molecule has 36 heavy (non-hydrogen) atoms. The number of aliphatic imine (C=N–C) groups is 2. The van der Waals surface area contributed by atoms with E-state index in [4.69, 9.17) is 0 Å². The van der Waals surface area contributed by atoms with Crippen molar-refractivity contribution >= 4 is 24.4 Å². The maximum atomic E-state index is 14.5. The molecule has 0 saturated carbocycles. The molecule has 0 unspecified atom stereocenters. The van der Waals surface area contributed by atoms with E-state index in [1.165, 1.54) is 18.3 Å². The number of aromatic nitrogens is 2. The second-order valence-corrected chi connectivity index (χ2v) is 8.55. The summed E-state index contributed by atoms with van der Waals surface area (Å²) >= 11 is 0. The second-order valence-electron chi connectivity index (χ2n) is 8.55. The Hall–Kier alpha value is -3.63. The molecule has 1 amide bonds. The molecule has 0 aliphatic carbocycles. The van der Waals surface area contributed by atoms with Gasteiger partial charge in [0.25, 0.3) is 5.91 Å². The van der Waals surface area contributed by atoms with Crippen molar-refractivity contribution in [3.05, 3.63) is 64.9 Å². The van der Waals surface area contributed by atoms with Gasteiger partial charge < -0.3 is 10.2 Å². The number of halogens is 4. The van der Waals surface area contributed by atoms with E-state index in [2.05, 4.69) is 32.0 Å². The molecule has 0 radical (unpaired) electrons. The summed E-state index contributed by atoms with van der Waals surface area (Å²) in [7, 11) is 0. The minimum absolute atomic E-state index is 0.0307. The average Bonchev–Trinajstić information content (AvgIpc) is 2.85. The first-order chi connectivity index (χ1) is 17.1. The number of allylic oxidation sites excluding steroid dienone is 1. The van der Waals surface area contributed by atoms with Gasteiger partial charge in [-0.2, -0.15) is 13.2 Å². The highest BCUT2D eigenvalue weighted by Gasteiger charge is 2.35. The molecule has 1 saturated heterocycles. The van der Waals surface area contributed by atoms with Crippen molar-refractivity contribution in [1.82, 2.24) is 14.9 Å². The molecule has 3 rings (SSSR count). The number of rotatable bonds is 6. The molecule has 0 bridgehead atoms. The molecule has 11 heteroatoms. The van der Waals surface area contributed by atoms with Crippen molar-refractivity contribution in [3.63, 3.8) is 0 Å². The molecular weight excluding hydrogens is 476 g/mol. The molecule has 2 atom stereocenters. The molecule has 2 aromatic rings. The number of amides is 1. The van der Waals surface area contributed by atoms with E-state index in [1.54, 1.807) is 24.8 Å². The van der Waals surface area contributed by atoms with E-state index in [0.29, 0.717) is 18.9 Å². The van der Waals surface area contributed by atoms with E-state index in [9.17, 15) is 22.4 Å². The standard InChI is InChI=1S/C25H28F4N6O/c1-5-10-31-22(30-4)21-16(3)19(26)9-8-18(21)23(36)35-11-6-7-15(2)20(35)14-34-24-32-12-17(13-33-24)25(27,28)29/h5,8-10,12-13,15,20H,4,6-7,11,14H2,1-3H3,(H,32,33,34)/b10-5-,31-22?/t15-,20-/m1/s1. The Kier molecular flexibility index (Phi) is 8.54. The first-order valence-electron chi connectivity index (χ1n) is 11.5. The number of amidine groups is 1. The third kappa shape index (κ3) is 5.95. The van der Waals surface area contributed by atoms with E-state index in [0.717, 1.165) is 12.8 Å². The topological polar surface area (TPSA) is 82.8 Å². The van der Waals surface area contributed by atoms with Gasteiger partial charge in [0.1, 0.15) is 5.82 Å². The Bertz CT molecular complexity index is 1160. The summed E-state index contributed by atoms with van der Waals surface area (Å²) in [6.45, 7) is 9.54. The van der Waals surface area contributed by atoms with Crippen LogP contribution >= 0.6 is 0 Å². The fourth-order valence-corrected chi connectivity index (χ4v) is 4.21. The molecule has 2 heterocycles. The normalized spacial score (nSPS) is 19.0. The Balaban J connectivity index is 1.91. The molecule has 1 aromatic heterocycles. The quantitative estimate of drug-likeness (QED) is 0.330. The van der Waals surface area contributed by atoms with Crippen LogP contribution in [0.25, 0.3) is 0 Å². The van der Waals surface area contributed by atoms with Crippen LogP contribution in [-0.2, 0) is 6.18 Å². The zero-order valence-corrected chi connectivity index (χ0v) is 20.3. The number of hydrogen-bond donors (Lipinski definition) is 1. The zero-order valence-electron chi connectivity index (χ0n) is 20.3. The Morgan fingerprint density at radius 3 is 2.61 bits per heavy atom. The summed E-state index contributed by atoms with van der Waals surface area (Å²) in [5.74, 6) is -0.572. The van der Waals surface area contributed by atoms with Gasteiger partial charge in [0, 0.05) is 37.2 Å². The fourth-order valence-electron chi connectivity index (χ4n) is 4.21. The third-order valence-electron chi connectivity index (χ3n) is 6.17. The number of benzene rings is 1. The van der Waals surface area contributed by atoms with Gasteiger partial charge in [-0.05, 0) is 57.0 Å². The number of hydrogen-bond acceptors (Lipinski definition) is 5. The SMILES string of the molecule is C=NC(=N/C=C\C)c1c(C(=O)N2CCC[C@@H](C)[C@H]2CNc2ncc(C(F)(F)F)cn2)ccc(F)c1C. The highest BCUT2D eigenvalue weighted by molar-refractivity contribution is 6.11. The molecule has 1 N–H and O–H groups in total. The number of piperidine rings is 1. The summed E-state index contributed by atoms with van der Waals surface area (Å²) in [5.41, 5.74) is -0.200. The molecule has 0 spiro atoms. The first kappa shape index (κ1) is 27.0. The van der Waals surface area contributed by atoms with E-state index >= 15 is 0 Å². The first-order valence-corrected chi connectivity index (χ1v) is 11.5. The zero-order chi connectivity index (χ0) is 26.5. The largest absolute Gasteiger partial charge is 0.419 e. The van der Waals surface area contributed by atoms with Gasteiger partial charge in [-0.1, -0.05) is 13.0 Å². The minimum atomic E-state index is -4.53. The van der Waals surface area contributed by atoms with Crippen LogP contribution in [0.5, 0.6) is 0 Å². The predicted molar refractivity (Wildman–Crippen MR) is 131 cm³/mol. The van der Waals surface area contributed by atoms with Gasteiger partial charge in [0.15, 0.2) is 5.84 Å². The average molecular weight is 505 g/mol. The van der Waals surface area contributed by atoms with Crippen LogP contribution in [0.15, 0.2) is 46.8 Å². The molecule has 1 aliphatic rings. The Morgan fingerprint density at radius 2 is 2.00 bits per heavy atom. The molecule has 192 valence electrons. The molecule has 1 aromatic carbocycles. The number of nitrogens with one attached hydrogen (secondary N) is 1. The lowest BCUT2D eigenvalue weighted by molar-refractivity contribution is -0.138. The van der Waals surface area contributed by atoms with Crippen LogP contribution in [0.3, 0.4) is 0 Å². The van der Waals surface area contributed by atoms with Crippen LogP contribution in [0.4, 0.5) is 23.5 Å². The maximum absolute atomic E-state index is 14.5. The molecule has 1 fully saturated rings. The smallest absolute Gasteiger partial charge is 0.352 e. The highest BCUT2D eigenvalue weighted by atomic mass is 19.4. The summed E-state index contributed by atoms with van der Waals surface area (Å²) in [5, 5.41) is 2.95. The van der Waals surface area contributed by atoms with Crippen LogP contribution in [0, 0.1) is 18.7 Å². The Morgan fingerprint density at radius 1 is 1.31 bits per heavy atom. The van der Waals surface area contributed by atoms with E-state index < -0.39 is 17.6 Å². The van der Waals surface area contributed by atoms with E-state index in [1.807, 2.05) is 6.92 Å². The summed E-state index contributed by atoms with van der Waals surface area (Å²) in [6.07, 6.45) is 1.70. The van der Waals surface area contributed by atoms with Gasteiger partial charge in [-0.25, -0.2) is 24.3 Å². The van der Waals surface area contributed by atoms with Crippen molar-refractivity contribution in [2.45, 2.75) is 45.8 Å². The summed E-state index contributed by atoms with van der Waals surface area (Å²) < 4.78 is 52.9. The van der Waals surface area contributed by atoms with Gasteiger partial charge in [-0.3, -0.25) is 4.79 Å². The van der Waals surface area contributed by atoms with E-state index in [-0.39, 0.29) is 52.9 Å². The van der Waals surface area contributed by atoms with Gasteiger partial charge in [0.05, 0.1) is 17.2 Å². The number of carbonyl (C=O) groups excluding carboxylic acids is 1. The fraction of sp³-hybridized carbons (Fsp3) is 0.400. The Labute approximate surface area is 207 Å². The van der Waals surface area contributed by atoms with Gasteiger partial charge in [0.2, 0.25) is 5.95 Å². The number of alkyl halides is 3. The monoisotopic (exact) mass is 504 g/mol. The van der Waals surface area contributed by atoms with Crippen molar-refractivity contribution < 1.29 is 22.4 Å². The number of nitrogens with zero attached hydrogens (tertiary/aromatic N) is 5. The van der Waals surface area contributed by atoms with Crippen molar-refractivity contribution in [2.75, 3.05) is 18.4 Å². The number of carbonyl (C=O) groups is 1. The van der Waals surface area contributed by atoms with Crippen molar-refractivity contribution in [3.8, 4) is 0 Å². The predicted octanol–water partition coefficient (Wildman–Crippen LogP) is 5.28. The van der Waals surface area contributed by atoms with Crippen LogP contribution in [-0.4, -0.2) is 52.5 Å². The van der Waals surface area contributed by atoms with Crippen LogP contribution in [0.1, 0.15) is 53.7 Å². The number of likely N-dealkylation sites (tertiary alicyclic amines) is 1.